The minimum Gasteiger partial charge on any atom is -0.481 e. The Morgan fingerprint density at radius 2 is 1.95 bits per heavy atom. The van der Waals surface area contributed by atoms with E-state index < -0.39 is 17.8 Å². The van der Waals surface area contributed by atoms with Crippen molar-refractivity contribution in [2.45, 2.75) is 44.9 Å². The SMILES string of the molecule is O=C(O)[C@@H]1CC=CC[C@H]1C(=O)NCCC1=CCCCC1. The lowest BCUT2D eigenvalue weighted by molar-refractivity contribution is -0.147. The summed E-state index contributed by atoms with van der Waals surface area (Å²) in [4.78, 5) is 23.3. The van der Waals surface area contributed by atoms with E-state index in [-0.39, 0.29) is 5.91 Å². The van der Waals surface area contributed by atoms with Crippen LogP contribution < -0.4 is 5.32 Å². The number of allylic oxidation sites excluding steroid dienone is 3. The molecule has 2 N–H and O–H groups in total. The Labute approximate surface area is 119 Å². The molecule has 0 aromatic heterocycles. The van der Waals surface area contributed by atoms with Crippen molar-refractivity contribution in [3.8, 4) is 0 Å². The van der Waals surface area contributed by atoms with Crippen LogP contribution in [-0.4, -0.2) is 23.5 Å². The van der Waals surface area contributed by atoms with Crippen LogP contribution in [0, 0.1) is 11.8 Å². The second kappa shape index (κ2) is 7.27. The highest BCUT2D eigenvalue weighted by Crippen LogP contribution is 2.26. The van der Waals surface area contributed by atoms with Gasteiger partial charge >= 0.3 is 5.97 Å². The van der Waals surface area contributed by atoms with Gasteiger partial charge in [0.05, 0.1) is 11.8 Å². The Morgan fingerprint density at radius 1 is 1.20 bits per heavy atom. The summed E-state index contributed by atoms with van der Waals surface area (Å²) in [7, 11) is 0. The zero-order valence-corrected chi connectivity index (χ0v) is 11.8. The summed E-state index contributed by atoms with van der Waals surface area (Å²) >= 11 is 0. The Balaban J connectivity index is 1.80. The fourth-order valence-corrected chi connectivity index (χ4v) is 2.99. The summed E-state index contributed by atoms with van der Waals surface area (Å²) in [5, 5.41) is 12.1. The summed E-state index contributed by atoms with van der Waals surface area (Å²) in [5.41, 5.74) is 1.43. The van der Waals surface area contributed by atoms with E-state index in [1.165, 1.54) is 18.4 Å². The number of rotatable bonds is 5. The van der Waals surface area contributed by atoms with Gasteiger partial charge in [0, 0.05) is 6.54 Å². The van der Waals surface area contributed by atoms with Gasteiger partial charge in [0.1, 0.15) is 0 Å². The number of hydrogen-bond acceptors (Lipinski definition) is 2. The summed E-state index contributed by atoms with van der Waals surface area (Å²) in [6.45, 7) is 0.622. The van der Waals surface area contributed by atoms with E-state index in [2.05, 4.69) is 11.4 Å². The van der Waals surface area contributed by atoms with E-state index in [9.17, 15) is 9.59 Å². The molecule has 20 heavy (non-hydrogen) atoms. The van der Waals surface area contributed by atoms with Crippen LogP contribution in [-0.2, 0) is 9.59 Å². The highest BCUT2D eigenvalue weighted by molar-refractivity contribution is 5.85. The standard InChI is InChI=1S/C16H23NO3/c18-15(13-8-4-5-9-14(13)16(19)20)17-11-10-12-6-2-1-3-7-12/h4-6,13-14H,1-3,7-11H2,(H,17,18)(H,19,20)/t13-,14-/m1/s1. The molecule has 0 fully saturated rings. The van der Waals surface area contributed by atoms with Gasteiger partial charge in [0.25, 0.3) is 0 Å². The fourth-order valence-electron chi connectivity index (χ4n) is 2.99. The molecule has 4 heteroatoms. The molecule has 0 aromatic rings. The number of carbonyl (C=O) groups excluding carboxylic acids is 1. The number of amides is 1. The van der Waals surface area contributed by atoms with Gasteiger partial charge in [-0.25, -0.2) is 0 Å². The Kier molecular flexibility index (Phi) is 5.39. The molecule has 0 saturated carbocycles. The van der Waals surface area contributed by atoms with Crippen molar-refractivity contribution in [2.24, 2.45) is 11.8 Å². The fraction of sp³-hybridized carbons (Fsp3) is 0.625. The van der Waals surface area contributed by atoms with Crippen molar-refractivity contribution in [1.29, 1.82) is 0 Å². The Bertz CT molecular complexity index is 425. The van der Waals surface area contributed by atoms with Crippen LogP contribution in [0.25, 0.3) is 0 Å². The molecule has 0 radical (unpaired) electrons. The maximum Gasteiger partial charge on any atom is 0.307 e. The third-order valence-corrected chi connectivity index (χ3v) is 4.22. The van der Waals surface area contributed by atoms with Crippen molar-refractivity contribution in [3.63, 3.8) is 0 Å². The molecule has 0 aromatic carbocycles. The van der Waals surface area contributed by atoms with Gasteiger partial charge in [-0.15, -0.1) is 0 Å². The quantitative estimate of drug-likeness (QED) is 0.759. The first-order chi connectivity index (χ1) is 9.68. The van der Waals surface area contributed by atoms with E-state index in [1.54, 1.807) is 0 Å². The number of carboxylic acid groups (broad SMARTS) is 1. The lowest BCUT2D eigenvalue weighted by Gasteiger charge is -2.24. The third kappa shape index (κ3) is 3.95. The molecule has 0 saturated heterocycles. The van der Waals surface area contributed by atoms with E-state index in [0.717, 1.165) is 19.3 Å². The first-order valence-corrected chi connectivity index (χ1v) is 7.52. The number of nitrogens with one attached hydrogen (secondary N) is 1. The van der Waals surface area contributed by atoms with Crippen molar-refractivity contribution in [2.75, 3.05) is 6.54 Å². The summed E-state index contributed by atoms with van der Waals surface area (Å²) in [5.74, 6) is -1.98. The largest absolute Gasteiger partial charge is 0.481 e. The van der Waals surface area contributed by atoms with Gasteiger partial charge in [-0.05, 0) is 44.9 Å². The zero-order valence-electron chi connectivity index (χ0n) is 11.8. The maximum atomic E-state index is 12.1. The number of aliphatic carboxylic acids is 1. The second-order valence-electron chi connectivity index (χ2n) is 5.64. The Morgan fingerprint density at radius 3 is 2.60 bits per heavy atom. The van der Waals surface area contributed by atoms with Crippen LogP contribution in [0.15, 0.2) is 23.8 Å². The van der Waals surface area contributed by atoms with Gasteiger partial charge in [-0.1, -0.05) is 23.8 Å². The molecule has 0 heterocycles. The number of carboxylic acids is 1. The molecule has 2 aliphatic rings. The van der Waals surface area contributed by atoms with Gasteiger partial charge in [-0.3, -0.25) is 9.59 Å². The highest BCUT2D eigenvalue weighted by atomic mass is 16.4. The normalized spacial score (nSPS) is 25.9. The molecule has 110 valence electrons. The minimum atomic E-state index is -0.871. The predicted molar refractivity (Wildman–Crippen MR) is 77.2 cm³/mol. The summed E-state index contributed by atoms with van der Waals surface area (Å²) < 4.78 is 0. The summed E-state index contributed by atoms with van der Waals surface area (Å²) in [6, 6.07) is 0. The van der Waals surface area contributed by atoms with Crippen molar-refractivity contribution >= 4 is 11.9 Å². The molecular weight excluding hydrogens is 254 g/mol. The smallest absolute Gasteiger partial charge is 0.307 e. The van der Waals surface area contributed by atoms with Crippen LogP contribution in [0.5, 0.6) is 0 Å². The molecule has 0 spiro atoms. The van der Waals surface area contributed by atoms with Crippen molar-refractivity contribution in [3.05, 3.63) is 23.8 Å². The first-order valence-electron chi connectivity index (χ1n) is 7.52. The predicted octanol–water partition coefficient (Wildman–Crippen LogP) is 2.66. The molecule has 2 atom stereocenters. The summed E-state index contributed by atoms with van der Waals surface area (Å²) in [6.07, 6.45) is 12.7. The van der Waals surface area contributed by atoms with Crippen molar-refractivity contribution < 1.29 is 14.7 Å². The molecule has 2 rings (SSSR count). The molecule has 0 bridgehead atoms. The molecule has 0 aliphatic heterocycles. The average molecular weight is 277 g/mol. The lowest BCUT2D eigenvalue weighted by Crippen LogP contribution is -2.39. The van der Waals surface area contributed by atoms with E-state index in [4.69, 9.17) is 5.11 Å². The molecule has 1 amide bonds. The molecule has 0 unspecified atom stereocenters. The van der Waals surface area contributed by atoms with Crippen LogP contribution >= 0.6 is 0 Å². The van der Waals surface area contributed by atoms with E-state index in [0.29, 0.717) is 19.4 Å². The Hall–Kier alpha value is -1.58. The van der Waals surface area contributed by atoms with Gasteiger partial charge in [-0.2, -0.15) is 0 Å². The maximum absolute atomic E-state index is 12.1. The lowest BCUT2D eigenvalue weighted by atomic mass is 9.82. The van der Waals surface area contributed by atoms with Crippen molar-refractivity contribution in [1.82, 2.24) is 5.32 Å². The minimum absolute atomic E-state index is 0.113. The molecule has 4 nitrogen and oxygen atoms in total. The third-order valence-electron chi connectivity index (χ3n) is 4.22. The van der Waals surface area contributed by atoms with Gasteiger partial charge in [0.2, 0.25) is 5.91 Å². The van der Waals surface area contributed by atoms with Crippen LogP contribution in [0.4, 0.5) is 0 Å². The number of hydrogen-bond donors (Lipinski definition) is 2. The van der Waals surface area contributed by atoms with Crippen LogP contribution in [0.2, 0.25) is 0 Å². The second-order valence-corrected chi connectivity index (χ2v) is 5.64. The van der Waals surface area contributed by atoms with E-state index in [1.807, 2.05) is 12.2 Å². The van der Waals surface area contributed by atoms with E-state index >= 15 is 0 Å². The highest BCUT2D eigenvalue weighted by Gasteiger charge is 2.33. The first kappa shape index (κ1) is 14.8. The average Bonchev–Trinajstić information content (AvgIpc) is 2.48. The topological polar surface area (TPSA) is 66.4 Å². The van der Waals surface area contributed by atoms with Gasteiger partial charge in [0.15, 0.2) is 0 Å². The molecular formula is C16H23NO3. The zero-order chi connectivity index (χ0) is 14.4. The van der Waals surface area contributed by atoms with Crippen LogP contribution in [0.3, 0.4) is 0 Å². The van der Waals surface area contributed by atoms with Gasteiger partial charge < -0.3 is 10.4 Å². The molecule has 2 aliphatic carbocycles. The number of carbonyl (C=O) groups is 2. The monoisotopic (exact) mass is 277 g/mol. The van der Waals surface area contributed by atoms with Crippen LogP contribution in [0.1, 0.15) is 44.9 Å².